The highest BCUT2D eigenvalue weighted by atomic mass is 35.5. The van der Waals surface area contributed by atoms with Crippen molar-refractivity contribution in [2.75, 3.05) is 7.05 Å². The maximum absolute atomic E-state index is 12.6. The van der Waals surface area contributed by atoms with Gasteiger partial charge in [0.05, 0.1) is 19.8 Å². The van der Waals surface area contributed by atoms with E-state index in [-0.39, 0.29) is 12.5 Å². The molecule has 4 rings (SSSR count). The van der Waals surface area contributed by atoms with E-state index < -0.39 is 0 Å². The fraction of sp³-hybridized carbons (Fsp3) is 0.211. The number of ether oxygens (including phenoxy) is 1. The Morgan fingerprint density at radius 1 is 1.15 bits per heavy atom. The molecule has 1 amide bonds. The summed E-state index contributed by atoms with van der Waals surface area (Å²) in [7, 11) is 1.71. The summed E-state index contributed by atoms with van der Waals surface area (Å²) in [6.07, 6.45) is 0. The summed E-state index contributed by atoms with van der Waals surface area (Å²) < 4.78 is 10.7. The van der Waals surface area contributed by atoms with Crippen molar-refractivity contribution in [3.05, 3.63) is 70.1 Å². The van der Waals surface area contributed by atoms with Gasteiger partial charge in [0.15, 0.2) is 0 Å². The molecule has 2 heterocycles. The minimum absolute atomic E-state index is 0.106. The Labute approximate surface area is 155 Å². The van der Waals surface area contributed by atoms with E-state index in [1.807, 2.05) is 30.3 Å². The van der Waals surface area contributed by atoms with Crippen LogP contribution in [0.4, 0.5) is 0 Å². The number of rotatable bonds is 4. The van der Waals surface area contributed by atoms with Gasteiger partial charge in [0.1, 0.15) is 0 Å². The average Bonchev–Trinajstić information content (AvgIpc) is 3.30. The van der Waals surface area contributed by atoms with Gasteiger partial charge in [0.25, 0.3) is 5.91 Å². The van der Waals surface area contributed by atoms with Crippen molar-refractivity contribution >= 4 is 17.5 Å². The van der Waals surface area contributed by atoms with Crippen LogP contribution >= 0.6 is 11.6 Å². The summed E-state index contributed by atoms with van der Waals surface area (Å²) in [4.78, 5) is 18.5. The minimum atomic E-state index is -0.106. The number of hydrogen-bond acceptors (Lipinski definition) is 5. The van der Waals surface area contributed by atoms with Gasteiger partial charge in [-0.05, 0) is 47.5 Å². The Morgan fingerprint density at radius 2 is 1.92 bits per heavy atom. The highest BCUT2D eigenvalue weighted by molar-refractivity contribution is 6.30. The number of aromatic nitrogens is 2. The third-order valence-corrected chi connectivity index (χ3v) is 4.51. The van der Waals surface area contributed by atoms with Crippen molar-refractivity contribution in [3.8, 4) is 11.4 Å². The van der Waals surface area contributed by atoms with Crippen LogP contribution in [0, 0.1) is 0 Å². The molecule has 132 valence electrons. The van der Waals surface area contributed by atoms with Gasteiger partial charge in [-0.25, -0.2) is 0 Å². The van der Waals surface area contributed by atoms with E-state index in [0.29, 0.717) is 35.5 Å². The molecule has 0 spiro atoms. The van der Waals surface area contributed by atoms with Crippen molar-refractivity contribution in [2.45, 2.75) is 19.8 Å². The second-order valence-electron chi connectivity index (χ2n) is 6.16. The van der Waals surface area contributed by atoms with Crippen LogP contribution in [0.2, 0.25) is 5.02 Å². The predicted molar refractivity (Wildman–Crippen MR) is 95.5 cm³/mol. The number of halogens is 1. The van der Waals surface area contributed by atoms with Gasteiger partial charge in [0, 0.05) is 23.2 Å². The van der Waals surface area contributed by atoms with Crippen molar-refractivity contribution in [1.82, 2.24) is 15.0 Å². The maximum atomic E-state index is 12.6. The van der Waals surface area contributed by atoms with Gasteiger partial charge in [-0.2, -0.15) is 4.98 Å². The molecular weight excluding hydrogens is 354 g/mol. The van der Waals surface area contributed by atoms with E-state index in [1.54, 1.807) is 24.1 Å². The number of carbonyl (C=O) groups is 1. The first-order valence-electron chi connectivity index (χ1n) is 8.14. The number of fused-ring (bicyclic) bond motifs is 1. The zero-order valence-corrected chi connectivity index (χ0v) is 14.9. The van der Waals surface area contributed by atoms with Crippen LogP contribution in [0.3, 0.4) is 0 Å². The number of nitrogens with zero attached hydrogens (tertiary/aromatic N) is 3. The Hall–Kier alpha value is -2.70. The van der Waals surface area contributed by atoms with E-state index in [1.165, 1.54) is 0 Å². The molecule has 2 aromatic carbocycles. The molecule has 0 aliphatic carbocycles. The SMILES string of the molecule is CN(Cc1nc(-c2ccc(Cl)cc2)no1)C(=O)c1ccc2c(c1)COC2. The Kier molecular flexibility index (Phi) is 4.44. The molecule has 7 heteroatoms. The third-order valence-electron chi connectivity index (χ3n) is 4.26. The summed E-state index contributed by atoms with van der Waals surface area (Å²) in [6.45, 7) is 1.39. The highest BCUT2D eigenvalue weighted by Crippen LogP contribution is 2.22. The molecule has 0 N–H and O–H groups in total. The lowest BCUT2D eigenvalue weighted by molar-refractivity contribution is 0.0769. The summed E-state index contributed by atoms with van der Waals surface area (Å²) in [5, 5.41) is 4.61. The van der Waals surface area contributed by atoms with Crippen molar-refractivity contribution in [2.24, 2.45) is 0 Å². The van der Waals surface area contributed by atoms with Crippen molar-refractivity contribution < 1.29 is 14.1 Å². The smallest absolute Gasteiger partial charge is 0.254 e. The van der Waals surface area contributed by atoms with Crippen LogP contribution in [0.1, 0.15) is 27.4 Å². The quantitative estimate of drug-likeness (QED) is 0.701. The first-order valence-corrected chi connectivity index (χ1v) is 8.51. The van der Waals surface area contributed by atoms with E-state index in [9.17, 15) is 4.79 Å². The fourth-order valence-corrected chi connectivity index (χ4v) is 2.96. The fourth-order valence-electron chi connectivity index (χ4n) is 2.84. The Morgan fingerprint density at radius 3 is 2.73 bits per heavy atom. The molecule has 3 aromatic rings. The first kappa shape index (κ1) is 16.8. The molecule has 0 saturated carbocycles. The largest absolute Gasteiger partial charge is 0.372 e. The predicted octanol–water partition coefficient (Wildman–Crippen LogP) is 3.69. The van der Waals surface area contributed by atoms with E-state index in [0.717, 1.165) is 16.7 Å². The Bertz CT molecular complexity index is 953. The number of amides is 1. The van der Waals surface area contributed by atoms with Crippen LogP contribution in [-0.2, 0) is 24.5 Å². The van der Waals surface area contributed by atoms with E-state index in [4.69, 9.17) is 20.9 Å². The topological polar surface area (TPSA) is 68.5 Å². The van der Waals surface area contributed by atoms with Gasteiger partial charge >= 0.3 is 0 Å². The lowest BCUT2D eigenvalue weighted by Gasteiger charge is -2.15. The van der Waals surface area contributed by atoms with Crippen LogP contribution in [0.5, 0.6) is 0 Å². The molecule has 0 radical (unpaired) electrons. The standard InChI is InChI=1S/C19H16ClN3O3/c1-23(19(24)13-2-3-14-10-25-11-15(14)8-13)9-17-21-18(22-26-17)12-4-6-16(20)7-5-12/h2-8H,9-11H2,1H3. The number of carbonyl (C=O) groups excluding carboxylic acids is 1. The molecule has 1 aromatic heterocycles. The van der Waals surface area contributed by atoms with Crippen LogP contribution < -0.4 is 0 Å². The lowest BCUT2D eigenvalue weighted by Crippen LogP contribution is -2.26. The minimum Gasteiger partial charge on any atom is -0.372 e. The Balaban J connectivity index is 1.47. The van der Waals surface area contributed by atoms with Gasteiger partial charge in [0.2, 0.25) is 11.7 Å². The maximum Gasteiger partial charge on any atom is 0.254 e. The third kappa shape index (κ3) is 3.34. The first-order chi connectivity index (χ1) is 12.6. The summed E-state index contributed by atoms with van der Waals surface area (Å²) in [6, 6.07) is 12.8. The second kappa shape index (κ2) is 6.90. The number of benzene rings is 2. The van der Waals surface area contributed by atoms with E-state index in [2.05, 4.69) is 10.1 Å². The zero-order valence-electron chi connectivity index (χ0n) is 14.1. The van der Waals surface area contributed by atoms with Gasteiger partial charge in [-0.15, -0.1) is 0 Å². The molecule has 1 aliphatic heterocycles. The van der Waals surface area contributed by atoms with E-state index >= 15 is 0 Å². The van der Waals surface area contributed by atoms with Crippen LogP contribution in [0.15, 0.2) is 47.0 Å². The molecule has 6 nitrogen and oxygen atoms in total. The normalized spacial score (nSPS) is 12.8. The van der Waals surface area contributed by atoms with Gasteiger partial charge in [-0.3, -0.25) is 4.79 Å². The van der Waals surface area contributed by atoms with Crippen LogP contribution in [0.25, 0.3) is 11.4 Å². The number of hydrogen-bond donors (Lipinski definition) is 0. The summed E-state index contributed by atoms with van der Waals surface area (Å²) in [5.41, 5.74) is 3.62. The highest BCUT2D eigenvalue weighted by Gasteiger charge is 2.19. The van der Waals surface area contributed by atoms with Crippen LogP contribution in [-0.4, -0.2) is 28.0 Å². The van der Waals surface area contributed by atoms with Gasteiger partial charge < -0.3 is 14.2 Å². The zero-order chi connectivity index (χ0) is 18.1. The van der Waals surface area contributed by atoms with Crippen molar-refractivity contribution in [3.63, 3.8) is 0 Å². The van der Waals surface area contributed by atoms with Crippen molar-refractivity contribution in [1.29, 1.82) is 0 Å². The molecule has 0 atom stereocenters. The molecule has 0 bridgehead atoms. The molecule has 1 aliphatic rings. The monoisotopic (exact) mass is 369 g/mol. The average molecular weight is 370 g/mol. The molecule has 0 fully saturated rings. The molecule has 0 saturated heterocycles. The summed E-state index contributed by atoms with van der Waals surface area (Å²) in [5.74, 6) is 0.730. The molecule has 0 unspecified atom stereocenters. The lowest BCUT2D eigenvalue weighted by atomic mass is 10.1. The molecular formula is C19H16ClN3O3. The molecule has 26 heavy (non-hydrogen) atoms. The summed E-state index contributed by atoms with van der Waals surface area (Å²) >= 11 is 5.89. The second-order valence-corrected chi connectivity index (χ2v) is 6.59. The van der Waals surface area contributed by atoms with Gasteiger partial charge in [-0.1, -0.05) is 22.8 Å².